The molecule has 0 aromatic heterocycles. The molecule has 0 saturated heterocycles. The molecule has 0 heterocycles. The van der Waals surface area contributed by atoms with Crippen molar-refractivity contribution in [2.24, 2.45) is 29.6 Å². The predicted octanol–water partition coefficient (Wildman–Crippen LogP) is 1.65. The lowest BCUT2D eigenvalue weighted by Gasteiger charge is -2.53. The number of nitrogens with one attached hydrogen (secondary N) is 1. The van der Waals surface area contributed by atoms with Crippen molar-refractivity contribution >= 4 is 11.9 Å². The Hall–Kier alpha value is -1.50. The Bertz CT molecular complexity index is 437. The second-order valence-corrected chi connectivity index (χ2v) is 6.76. The van der Waals surface area contributed by atoms with Gasteiger partial charge in [0.2, 0.25) is 5.91 Å². The fourth-order valence-corrected chi connectivity index (χ4v) is 4.94. The minimum absolute atomic E-state index is 0.0161. The molecule has 4 heteroatoms. The van der Waals surface area contributed by atoms with Crippen LogP contribution in [0.25, 0.3) is 0 Å². The molecule has 1 unspecified atom stereocenters. The Labute approximate surface area is 119 Å². The summed E-state index contributed by atoms with van der Waals surface area (Å²) in [6.45, 7) is 0. The molecule has 0 aromatic rings. The van der Waals surface area contributed by atoms with E-state index in [2.05, 4.69) is 11.2 Å². The molecule has 4 rings (SSSR count). The monoisotopic (exact) mass is 275 g/mol. The van der Waals surface area contributed by atoms with E-state index < -0.39 is 12.0 Å². The minimum atomic E-state index is -1.04. The van der Waals surface area contributed by atoms with E-state index in [1.165, 1.54) is 6.42 Å². The molecule has 4 aliphatic carbocycles. The molecule has 4 nitrogen and oxygen atoms in total. The Balaban J connectivity index is 1.68. The Morgan fingerprint density at radius 2 is 1.70 bits per heavy atom. The second-order valence-electron chi connectivity index (χ2n) is 6.76. The van der Waals surface area contributed by atoms with Crippen LogP contribution in [0.4, 0.5) is 0 Å². The van der Waals surface area contributed by atoms with Crippen molar-refractivity contribution in [3.63, 3.8) is 0 Å². The Morgan fingerprint density at radius 1 is 1.15 bits per heavy atom. The van der Waals surface area contributed by atoms with Gasteiger partial charge >= 0.3 is 5.97 Å². The number of carboxylic acids is 1. The molecule has 4 fully saturated rings. The molecule has 4 aliphatic rings. The van der Waals surface area contributed by atoms with Crippen LogP contribution >= 0.6 is 0 Å². The van der Waals surface area contributed by atoms with Crippen LogP contribution < -0.4 is 5.32 Å². The maximum atomic E-state index is 12.5. The smallest absolute Gasteiger partial charge is 0.327 e. The number of hydrogen-bond donors (Lipinski definition) is 2. The molecule has 1 amide bonds. The zero-order valence-corrected chi connectivity index (χ0v) is 11.5. The second kappa shape index (κ2) is 5.12. The standard InChI is InChI=1S/C16H21NO3/c1-2-3-13(16(19)20)17-15(18)14-11-5-9-4-10(7-11)8-12(14)6-9/h1,9-14H,3-8H2,(H,17,18)(H,19,20). The van der Waals surface area contributed by atoms with Crippen molar-refractivity contribution in [3.05, 3.63) is 0 Å². The summed E-state index contributed by atoms with van der Waals surface area (Å²) in [6, 6.07) is -0.940. The molecule has 0 aromatic carbocycles. The van der Waals surface area contributed by atoms with Crippen LogP contribution in [-0.4, -0.2) is 23.0 Å². The van der Waals surface area contributed by atoms with E-state index in [-0.39, 0.29) is 18.2 Å². The highest BCUT2D eigenvalue weighted by molar-refractivity contribution is 5.85. The van der Waals surface area contributed by atoms with Crippen LogP contribution in [0.1, 0.15) is 38.5 Å². The van der Waals surface area contributed by atoms with Gasteiger partial charge in [-0.15, -0.1) is 12.3 Å². The van der Waals surface area contributed by atoms with Gasteiger partial charge in [-0.2, -0.15) is 0 Å². The van der Waals surface area contributed by atoms with Gasteiger partial charge in [0.25, 0.3) is 0 Å². The van der Waals surface area contributed by atoms with E-state index in [0.717, 1.165) is 37.5 Å². The van der Waals surface area contributed by atoms with Gasteiger partial charge in [-0.1, -0.05) is 0 Å². The first-order valence-electron chi connectivity index (χ1n) is 7.55. The topological polar surface area (TPSA) is 66.4 Å². The van der Waals surface area contributed by atoms with Crippen LogP contribution in [-0.2, 0) is 9.59 Å². The molecule has 108 valence electrons. The molecule has 4 saturated carbocycles. The van der Waals surface area contributed by atoms with E-state index in [0.29, 0.717) is 11.8 Å². The molecule has 20 heavy (non-hydrogen) atoms. The molecule has 1 atom stereocenters. The van der Waals surface area contributed by atoms with Crippen molar-refractivity contribution in [2.45, 2.75) is 44.6 Å². The zero-order valence-electron chi connectivity index (χ0n) is 11.5. The molecule has 2 N–H and O–H groups in total. The lowest BCUT2D eigenvalue weighted by atomic mass is 9.51. The average Bonchev–Trinajstić information content (AvgIpc) is 2.36. The van der Waals surface area contributed by atoms with Gasteiger partial charge in [-0.05, 0) is 55.8 Å². The highest BCUT2D eigenvalue weighted by atomic mass is 16.4. The summed E-state index contributed by atoms with van der Waals surface area (Å²) in [5, 5.41) is 11.8. The molecule has 0 aliphatic heterocycles. The molecule has 0 radical (unpaired) electrons. The number of carbonyl (C=O) groups is 2. The van der Waals surface area contributed by atoms with E-state index >= 15 is 0 Å². The lowest BCUT2D eigenvalue weighted by Crippen LogP contribution is -2.53. The maximum Gasteiger partial charge on any atom is 0.327 e. The number of hydrogen-bond acceptors (Lipinski definition) is 2. The number of rotatable bonds is 4. The summed E-state index contributed by atoms with van der Waals surface area (Å²) in [7, 11) is 0. The fourth-order valence-electron chi connectivity index (χ4n) is 4.94. The van der Waals surface area contributed by atoms with Crippen LogP contribution in [0.2, 0.25) is 0 Å². The largest absolute Gasteiger partial charge is 0.480 e. The average molecular weight is 275 g/mol. The third-order valence-electron chi connectivity index (χ3n) is 5.47. The summed E-state index contributed by atoms with van der Waals surface area (Å²) in [5.74, 6) is 3.76. The van der Waals surface area contributed by atoms with Gasteiger partial charge < -0.3 is 10.4 Å². The first kappa shape index (κ1) is 13.5. The van der Waals surface area contributed by atoms with E-state index in [4.69, 9.17) is 11.5 Å². The first-order valence-corrected chi connectivity index (χ1v) is 7.55. The number of aliphatic carboxylic acids is 1. The van der Waals surface area contributed by atoms with Crippen molar-refractivity contribution in [1.29, 1.82) is 0 Å². The van der Waals surface area contributed by atoms with E-state index in [9.17, 15) is 9.59 Å². The minimum Gasteiger partial charge on any atom is -0.480 e. The number of amides is 1. The SMILES string of the molecule is C#CCC(NC(=O)C1C2CC3CC(C2)CC1C3)C(=O)O. The highest BCUT2D eigenvalue weighted by Crippen LogP contribution is 2.56. The summed E-state index contributed by atoms with van der Waals surface area (Å²) in [6.07, 6.45) is 11.2. The van der Waals surface area contributed by atoms with Gasteiger partial charge in [-0.3, -0.25) is 4.79 Å². The normalized spacial score (nSPS) is 39.0. The summed E-state index contributed by atoms with van der Waals surface area (Å²) < 4.78 is 0. The third-order valence-corrected chi connectivity index (χ3v) is 5.47. The lowest BCUT2D eigenvalue weighted by molar-refractivity contribution is -0.146. The molecule has 4 bridgehead atoms. The van der Waals surface area contributed by atoms with Gasteiger partial charge in [-0.25, -0.2) is 4.79 Å². The fraction of sp³-hybridized carbons (Fsp3) is 0.750. The molecular weight excluding hydrogens is 254 g/mol. The van der Waals surface area contributed by atoms with Crippen molar-refractivity contribution in [1.82, 2.24) is 5.32 Å². The van der Waals surface area contributed by atoms with Crippen molar-refractivity contribution in [3.8, 4) is 12.3 Å². The first-order chi connectivity index (χ1) is 9.58. The summed E-state index contributed by atoms with van der Waals surface area (Å²) in [4.78, 5) is 23.6. The predicted molar refractivity (Wildman–Crippen MR) is 73.6 cm³/mol. The van der Waals surface area contributed by atoms with Crippen molar-refractivity contribution < 1.29 is 14.7 Å². The van der Waals surface area contributed by atoms with Crippen LogP contribution in [0, 0.1) is 41.9 Å². The van der Waals surface area contributed by atoms with E-state index in [1.807, 2.05) is 0 Å². The van der Waals surface area contributed by atoms with Crippen molar-refractivity contribution in [2.75, 3.05) is 0 Å². The number of carbonyl (C=O) groups excluding carboxylic acids is 1. The number of carboxylic acid groups (broad SMARTS) is 1. The molecular formula is C16H21NO3. The van der Waals surface area contributed by atoms with Gasteiger partial charge in [0.15, 0.2) is 0 Å². The quantitative estimate of drug-likeness (QED) is 0.767. The number of terminal acetylenes is 1. The summed E-state index contributed by atoms with van der Waals surface area (Å²) in [5.41, 5.74) is 0. The Kier molecular flexibility index (Phi) is 3.45. The molecule has 0 spiro atoms. The van der Waals surface area contributed by atoms with Crippen LogP contribution in [0.3, 0.4) is 0 Å². The van der Waals surface area contributed by atoms with E-state index in [1.54, 1.807) is 0 Å². The van der Waals surface area contributed by atoms with Gasteiger partial charge in [0, 0.05) is 12.3 Å². The van der Waals surface area contributed by atoms with Crippen LogP contribution in [0.5, 0.6) is 0 Å². The summed E-state index contributed by atoms with van der Waals surface area (Å²) >= 11 is 0. The maximum absolute atomic E-state index is 12.5. The van der Waals surface area contributed by atoms with Gasteiger partial charge in [0.05, 0.1) is 0 Å². The highest BCUT2D eigenvalue weighted by Gasteiger charge is 2.51. The third kappa shape index (κ3) is 2.30. The zero-order chi connectivity index (χ0) is 14.3. The van der Waals surface area contributed by atoms with Gasteiger partial charge in [0.1, 0.15) is 6.04 Å². The van der Waals surface area contributed by atoms with Crippen LogP contribution in [0.15, 0.2) is 0 Å². The Morgan fingerprint density at radius 3 is 2.15 bits per heavy atom.